The van der Waals surface area contributed by atoms with Gasteiger partial charge in [-0.3, -0.25) is 0 Å². The molecule has 4 heteroatoms. The molecule has 15 heavy (non-hydrogen) atoms. The number of hydrogen-bond acceptors (Lipinski definition) is 4. The lowest BCUT2D eigenvalue weighted by molar-refractivity contribution is 0.478. The average molecular weight is 244 g/mol. The Hall–Kier alpha value is -0.0600. The normalized spacial score (nSPS) is 15.2. The number of nitrogens with one attached hydrogen (secondary N) is 1. The van der Waals surface area contributed by atoms with Gasteiger partial charge in [0.25, 0.3) is 0 Å². The molecule has 0 amide bonds. The molecule has 0 bridgehead atoms. The van der Waals surface area contributed by atoms with E-state index < -0.39 is 0 Å². The van der Waals surface area contributed by atoms with Crippen LogP contribution in [0.3, 0.4) is 0 Å². The maximum absolute atomic E-state index is 4.29. The van der Waals surface area contributed by atoms with E-state index >= 15 is 0 Å². The van der Waals surface area contributed by atoms with Crippen molar-refractivity contribution in [2.24, 2.45) is 0 Å². The van der Waals surface area contributed by atoms with Crippen LogP contribution in [0, 0.1) is 6.92 Å². The van der Waals surface area contributed by atoms with Gasteiger partial charge in [-0.2, -0.15) is 11.8 Å². The molecule has 0 aliphatic carbocycles. The molecule has 1 aromatic heterocycles. The lowest BCUT2D eigenvalue weighted by atomic mass is 10.2. The molecule has 0 fully saturated rings. The highest BCUT2D eigenvalue weighted by molar-refractivity contribution is 7.98. The highest BCUT2D eigenvalue weighted by atomic mass is 32.2. The highest BCUT2D eigenvalue weighted by Crippen LogP contribution is 2.22. The van der Waals surface area contributed by atoms with Gasteiger partial charge in [0, 0.05) is 22.7 Å². The zero-order chi connectivity index (χ0) is 11.3. The van der Waals surface area contributed by atoms with Crippen LogP contribution in [0.4, 0.5) is 0 Å². The van der Waals surface area contributed by atoms with E-state index in [1.807, 2.05) is 17.3 Å². The van der Waals surface area contributed by atoms with Crippen molar-refractivity contribution in [1.29, 1.82) is 0 Å². The third-order valence-electron chi connectivity index (χ3n) is 2.52. The molecule has 0 radical (unpaired) electrons. The molecule has 1 heterocycles. The van der Waals surface area contributed by atoms with E-state index in [4.69, 9.17) is 0 Å². The fourth-order valence-electron chi connectivity index (χ4n) is 1.64. The van der Waals surface area contributed by atoms with E-state index in [2.05, 4.69) is 37.3 Å². The maximum Gasteiger partial charge on any atom is 0.0798 e. The van der Waals surface area contributed by atoms with Crippen molar-refractivity contribution < 1.29 is 0 Å². The van der Waals surface area contributed by atoms with Crippen LogP contribution in [0.25, 0.3) is 0 Å². The topological polar surface area (TPSA) is 24.9 Å². The van der Waals surface area contributed by atoms with E-state index in [1.54, 1.807) is 11.3 Å². The third kappa shape index (κ3) is 3.78. The molecule has 0 spiro atoms. The average Bonchev–Trinajstić information content (AvgIpc) is 2.63. The first-order valence-corrected chi connectivity index (χ1v) is 7.61. The predicted molar refractivity (Wildman–Crippen MR) is 70.9 cm³/mol. The predicted octanol–water partition coefficient (Wildman–Crippen LogP) is 3.24. The summed E-state index contributed by atoms with van der Waals surface area (Å²) in [6.45, 7) is 6.54. The number of rotatable bonds is 6. The summed E-state index contributed by atoms with van der Waals surface area (Å²) in [6, 6.07) is 1.03. The van der Waals surface area contributed by atoms with Gasteiger partial charge >= 0.3 is 0 Å². The summed E-state index contributed by atoms with van der Waals surface area (Å²) in [5.41, 5.74) is 3.09. The standard InChI is InChI=1S/C11H20N2S2/c1-5-10(6-14-4)13-9(3)11-8(2)12-7-15-11/h7,9-10,13H,5-6H2,1-4H3. The minimum atomic E-state index is 0.426. The fourth-order valence-corrected chi connectivity index (χ4v) is 3.19. The molecule has 2 unspecified atom stereocenters. The number of thioether (sulfide) groups is 1. The van der Waals surface area contributed by atoms with Crippen LogP contribution >= 0.6 is 23.1 Å². The Morgan fingerprint density at radius 2 is 2.33 bits per heavy atom. The van der Waals surface area contributed by atoms with Crippen molar-refractivity contribution in [2.75, 3.05) is 12.0 Å². The monoisotopic (exact) mass is 244 g/mol. The van der Waals surface area contributed by atoms with Crippen molar-refractivity contribution >= 4 is 23.1 Å². The minimum Gasteiger partial charge on any atom is -0.306 e. The van der Waals surface area contributed by atoms with Crippen LogP contribution in [0.5, 0.6) is 0 Å². The van der Waals surface area contributed by atoms with Crippen molar-refractivity contribution in [2.45, 2.75) is 39.3 Å². The van der Waals surface area contributed by atoms with Crippen molar-refractivity contribution in [3.05, 3.63) is 16.1 Å². The third-order valence-corrected chi connectivity index (χ3v) is 4.37. The summed E-state index contributed by atoms with van der Waals surface area (Å²) < 4.78 is 0. The molecule has 2 nitrogen and oxygen atoms in total. The highest BCUT2D eigenvalue weighted by Gasteiger charge is 2.14. The first kappa shape index (κ1) is 13.0. The van der Waals surface area contributed by atoms with Gasteiger partial charge in [-0.15, -0.1) is 11.3 Å². The Balaban J connectivity index is 2.54. The lowest BCUT2D eigenvalue weighted by Crippen LogP contribution is -2.32. The molecule has 86 valence electrons. The zero-order valence-corrected chi connectivity index (χ0v) is 11.5. The summed E-state index contributed by atoms with van der Waals surface area (Å²) in [6.07, 6.45) is 3.34. The largest absolute Gasteiger partial charge is 0.306 e. The van der Waals surface area contributed by atoms with Crippen LogP contribution in [0.1, 0.15) is 36.9 Å². The molecule has 1 N–H and O–H groups in total. The van der Waals surface area contributed by atoms with E-state index in [9.17, 15) is 0 Å². The molecular weight excluding hydrogens is 224 g/mol. The van der Waals surface area contributed by atoms with Gasteiger partial charge < -0.3 is 5.32 Å². The Bertz CT molecular complexity index is 286. The molecule has 0 aromatic carbocycles. The van der Waals surface area contributed by atoms with Gasteiger partial charge in [0.15, 0.2) is 0 Å². The van der Waals surface area contributed by atoms with Crippen molar-refractivity contribution in [1.82, 2.24) is 10.3 Å². The molecule has 0 aliphatic rings. The molecule has 0 aliphatic heterocycles. The molecule has 2 atom stereocenters. The van der Waals surface area contributed by atoms with E-state index in [-0.39, 0.29) is 0 Å². The zero-order valence-electron chi connectivity index (χ0n) is 9.91. The van der Waals surface area contributed by atoms with Crippen molar-refractivity contribution in [3.8, 4) is 0 Å². The Labute approximate surface area is 101 Å². The Morgan fingerprint density at radius 1 is 1.60 bits per heavy atom. The second-order valence-electron chi connectivity index (χ2n) is 3.75. The maximum atomic E-state index is 4.29. The van der Waals surface area contributed by atoms with Gasteiger partial charge in [0.2, 0.25) is 0 Å². The van der Waals surface area contributed by atoms with Gasteiger partial charge in [-0.1, -0.05) is 6.92 Å². The second-order valence-corrected chi connectivity index (χ2v) is 5.55. The Morgan fingerprint density at radius 3 is 2.80 bits per heavy atom. The van der Waals surface area contributed by atoms with E-state index in [1.165, 1.54) is 22.7 Å². The summed E-state index contributed by atoms with van der Waals surface area (Å²) >= 11 is 3.65. The summed E-state index contributed by atoms with van der Waals surface area (Å²) in [7, 11) is 0. The second kappa shape index (κ2) is 6.51. The summed E-state index contributed by atoms with van der Waals surface area (Å²) in [5.74, 6) is 1.18. The van der Waals surface area contributed by atoms with Gasteiger partial charge in [-0.05, 0) is 26.5 Å². The quantitative estimate of drug-likeness (QED) is 0.831. The molecule has 1 rings (SSSR count). The Kier molecular flexibility index (Phi) is 5.64. The SMILES string of the molecule is CCC(CSC)NC(C)c1scnc1C. The van der Waals surface area contributed by atoms with Crippen LogP contribution in [0.15, 0.2) is 5.51 Å². The number of aryl methyl sites for hydroxylation is 1. The molecule has 0 saturated carbocycles. The number of aromatic nitrogens is 1. The first-order valence-electron chi connectivity index (χ1n) is 5.34. The number of thiazole rings is 1. The first-order chi connectivity index (χ1) is 7.19. The molecule has 0 saturated heterocycles. The minimum absolute atomic E-state index is 0.426. The fraction of sp³-hybridized carbons (Fsp3) is 0.727. The molecule has 1 aromatic rings. The lowest BCUT2D eigenvalue weighted by Gasteiger charge is -2.21. The van der Waals surface area contributed by atoms with Crippen LogP contribution in [-0.4, -0.2) is 23.0 Å². The van der Waals surface area contributed by atoms with Gasteiger partial charge in [0.05, 0.1) is 11.2 Å². The summed E-state index contributed by atoms with van der Waals surface area (Å²) in [5, 5.41) is 3.66. The van der Waals surface area contributed by atoms with Crippen LogP contribution < -0.4 is 5.32 Å². The number of hydrogen-bond donors (Lipinski definition) is 1. The van der Waals surface area contributed by atoms with Crippen LogP contribution in [-0.2, 0) is 0 Å². The van der Waals surface area contributed by atoms with E-state index in [0.29, 0.717) is 12.1 Å². The van der Waals surface area contributed by atoms with Crippen LogP contribution in [0.2, 0.25) is 0 Å². The van der Waals surface area contributed by atoms with Gasteiger partial charge in [0.1, 0.15) is 0 Å². The van der Waals surface area contributed by atoms with Gasteiger partial charge in [-0.25, -0.2) is 4.98 Å². The van der Waals surface area contributed by atoms with Crippen molar-refractivity contribution in [3.63, 3.8) is 0 Å². The van der Waals surface area contributed by atoms with E-state index in [0.717, 1.165) is 0 Å². The summed E-state index contributed by atoms with van der Waals surface area (Å²) in [4.78, 5) is 5.66. The smallest absolute Gasteiger partial charge is 0.0798 e. The number of nitrogens with zero attached hydrogens (tertiary/aromatic N) is 1. The molecular formula is C11H20N2S2.